The predicted molar refractivity (Wildman–Crippen MR) is 222 cm³/mol. The van der Waals surface area contributed by atoms with Gasteiger partial charge in [0.25, 0.3) is 0 Å². The maximum absolute atomic E-state index is 15.3. The number of nitrogens with two attached hydrogens (primary N) is 1. The predicted octanol–water partition coefficient (Wildman–Crippen LogP) is 3.91. The molecule has 1 saturated carbocycles. The van der Waals surface area contributed by atoms with Crippen molar-refractivity contribution in [3.8, 4) is 0 Å². The minimum absolute atomic E-state index is 0.0264. The number of fused-ring (bicyclic) bond motifs is 1. The van der Waals surface area contributed by atoms with Crippen molar-refractivity contribution in [3.63, 3.8) is 0 Å². The van der Waals surface area contributed by atoms with E-state index >= 15 is 4.39 Å². The average Bonchev–Trinajstić information content (AvgIpc) is 3.17. The van der Waals surface area contributed by atoms with Crippen LogP contribution < -0.4 is 37.3 Å². The number of primary amides is 1. The lowest BCUT2D eigenvalue weighted by molar-refractivity contribution is -0.151. The third-order valence-corrected chi connectivity index (χ3v) is 11.1. The second kappa shape index (κ2) is 19.7. The molecule has 60 heavy (non-hydrogen) atoms. The van der Waals surface area contributed by atoms with Crippen molar-refractivity contribution in [1.29, 1.82) is 0 Å². The molecule has 6 amide bonds. The Bertz CT molecular complexity index is 2150. The van der Waals surface area contributed by atoms with Gasteiger partial charge in [0.15, 0.2) is 0 Å². The van der Waals surface area contributed by atoms with Gasteiger partial charge < -0.3 is 51.2 Å². The Balaban J connectivity index is 1.15. The molecule has 0 spiro atoms. The number of nitrogens with one attached hydrogen (secondary N) is 4. The van der Waals surface area contributed by atoms with Crippen LogP contribution in [0.1, 0.15) is 82.1 Å². The van der Waals surface area contributed by atoms with E-state index in [0.717, 1.165) is 12.5 Å². The third-order valence-electron chi connectivity index (χ3n) is 11.1. The third kappa shape index (κ3) is 10.7. The van der Waals surface area contributed by atoms with Gasteiger partial charge in [0.1, 0.15) is 29.4 Å². The fourth-order valence-electron chi connectivity index (χ4n) is 7.63. The van der Waals surface area contributed by atoms with Crippen LogP contribution in [0.25, 0.3) is 10.9 Å². The van der Waals surface area contributed by atoms with Gasteiger partial charge in [-0.2, -0.15) is 0 Å². The van der Waals surface area contributed by atoms with E-state index in [1.165, 1.54) is 17.2 Å². The number of amides is 6. The Morgan fingerprint density at radius 3 is 2.22 bits per heavy atom. The first-order valence-corrected chi connectivity index (χ1v) is 20.3. The molecule has 2 fully saturated rings. The van der Waals surface area contributed by atoms with Crippen molar-refractivity contribution < 1.29 is 43.0 Å². The average molecular weight is 835 g/mol. The van der Waals surface area contributed by atoms with Crippen molar-refractivity contribution >= 4 is 58.1 Å². The van der Waals surface area contributed by atoms with Crippen LogP contribution in [0.15, 0.2) is 47.4 Å². The number of halogens is 1. The number of nitrogens with zero attached hydrogens (tertiary/aromatic N) is 3. The molecule has 1 aliphatic heterocycles. The lowest BCUT2D eigenvalue weighted by Crippen LogP contribution is -2.59. The number of urea groups is 1. The Morgan fingerprint density at radius 1 is 0.967 bits per heavy atom. The molecule has 5 rings (SSSR count). The number of aromatic carboxylic acids is 1. The SMILES string of the molecule is CCn1cc(C(=O)O)c(=O)c2cc(F)c(N3CCN(C(=O)OCc4ccc(NC(=O)C(CCCNC(N)=O)NC(=O)C5(C(=O)NC(C)CC(C)C)CCC5)cc4)CC3)cc21. The summed E-state index contributed by atoms with van der Waals surface area (Å²) in [5.74, 6) is -3.09. The van der Waals surface area contributed by atoms with Crippen LogP contribution in [-0.2, 0) is 32.3 Å². The smallest absolute Gasteiger partial charge is 0.410 e. The number of carbonyl (C=O) groups excluding carboxylic acids is 5. The fourth-order valence-corrected chi connectivity index (χ4v) is 7.63. The lowest BCUT2D eigenvalue weighted by Gasteiger charge is -2.40. The van der Waals surface area contributed by atoms with Crippen molar-refractivity contribution in [2.75, 3.05) is 42.9 Å². The van der Waals surface area contributed by atoms with Gasteiger partial charge in [-0.05, 0) is 81.7 Å². The van der Waals surface area contributed by atoms with Crippen molar-refractivity contribution in [3.05, 3.63) is 69.8 Å². The maximum Gasteiger partial charge on any atom is 0.410 e. The minimum Gasteiger partial charge on any atom is -0.477 e. The highest BCUT2D eigenvalue weighted by Gasteiger charge is 2.51. The molecule has 0 bridgehead atoms. The van der Waals surface area contributed by atoms with Crippen molar-refractivity contribution in [2.45, 2.75) is 91.5 Å². The number of anilines is 2. The molecular weight excluding hydrogens is 780 g/mol. The van der Waals surface area contributed by atoms with Gasteiger partial charge in [-0.1, -0.05) is 32.4 Å². The van der Waals surface area contributed by atoms with E-state index in [-0.39, 0.29) is 68.8 Å². The van der Waals surface area contributed by atoms with Crippen LogP contribution in [0.2, 0.25) is 0 Å². The van der Waals surface area contributed by atoms with Crippen molar-refractivity contribution in [2.24, 2.45) is 17.1 Å². The number of piperazine rings is 1. The van der Waals surface area contributed by atoms with Crippen LogP contribution in [0.4, 0.5) is 25.4 Å². The summed E-state index contributed by atoms with van der Waals surface area (Å²) in [6.45, 7) is 9.30. The quantitative estimate of drug-likeness (QED) is 0.0848. The lowest BCUT2D eigenvalue weighted by atomic mass is 9.67. The molecule has 3 aromatic rings. The molecule has 2 aromatic carbocycles. The molecule has 0 radical (unpaired) electrons. The highest BCUT2D eigenvalue weighted by Crippen LogP contribution is 2.42. The van der Waals surface area contributed by atoms with Crippen LogP contribution in [0, 0.1) is 17.2 Å². The number of carboxylic acids is 1. The number of rotatable bonds is 17. The van der Waals surface area contributed by atoms with Gasteiger partial charge in [-0.3, -0.25) is 19.2 Å². The van der Waals surface area contributed by atoms with Gasteiger partial charge in [0, 0.05) is 62.6 Å². The van der Waals surface area contributed by atoms with Crippen molar-refractivity contribution in [1.82, 2.24) is 25.4 Å². The van der Waals surface area contributed by atoms with Gasteiger partial charge in [-0.25, -0.2) is 18.8 Å². The second-order valence-electron chi connectivity index (χ2n) is 15.9. The molecule has 2 aliphatic rings. The zero-order valence-electron chi connectivity index (χ0n) is 34.5. The minimum atomic E-state index is -1.39. The van der Waals surface area contributed by atoms with E-state index in [2.05, 4.69) is 35.1 Å². The van der Waals surface area contributed by atoms with Gasteiger partial charge in [0.05, 0.1) is 11.2 Å². The van der Waals surface area contributed by atoms with E-state index < -0.39 is 58.2 Å². The standard InChI is InChI=1S/C42H55FN8O9/c1-5-49-23-30(37(54)55)35(52)29-21-31(43)34(22-33(29)49)50-16-18-51(19-17-50)41(59)60-24-27-9-11-28(12-10-27)47-36(53)32(8-6-15-45-40(44)58)48-39(57)42(13-7-14-42)38(56)46-26(4)20-25(2)3/h9-12,21-23,25-26,32H,5-8,13-20,24H2,1-4H3,(H,46,56)(H,47,53)(H,48,57)(H,54,55)(H3,44,45,58). The second-order valence-corrected chi connectivity index (χ2v) is 15.9. The van der Waals surface area contributed by atoms with E-state index in [1.807, 2.05) is 6.92 Å². The first-order valence-electron chi connectivity index (χ1n) is 20.3. The summed E-state index contributed by atoms with van der Waals surface area (Å²) in [6.07, 6.45) is 3.37. The molecule has 1 aliphatic carbocycles. The van der Waals surface area contributed by atoms with Gasteiger partial charge in [0.2, 0.25) is 23.2 Å². The largest absolute Gasteiger partial charge is 0.477 e. The van der Waals surface area contributed by atoms with Gasteiger partial charge >= 0.3 is 18.1 Å². The van der Waals surface area contributed by atoms with Crippen LogP contribution in [0.3, 0.4) is 0 Å². The first kappa shape index (κ1) is 44.9. The summed E-state index contributed by atoms with van der Waals surface area (Å²) in [5, 5.41) is 20.5. The number of aryl methyl sites for hydroxylation is 1. The number of aromatic nitrogens is 1. The van der Waals surface area contributed by atoms with E-state index in [4.69, 9.17) is 10.5 Å². The number of hydrogen-bond donors (Lipinski definition) is 6. The van der Waals surface area contributed by atoms with E-state index in [1.54, 1.807) is 40.7 Å². The summed E-state index contributed by atoms with van der Waals surface area (Å²) in [6, 6.07) is 7.35. The monoisotopic (exact) mass is 834 g/mol. The topological polar surface area (TPSA) is 234 Å². The zero-order valence-corrected chi connectivity index (χ0v) is 34.5. The molecule has 2 heterocycles. The Labute approximate surface area is 347 Å². The molecule has 1 saturated heterocycles. The van der Waals surface area contributed by atoms with Crippen LogP contribution in [-0.4, -0.2) is 95.2 Å². The molecule has 18 heteroatoms. The molecule has 1 aromatic heterocycles. The zero-order chi connectivity index (χ0) is 43.7. The summed E-state index contributed by atoms with van der Waals surface area (Å²) < 4.78 is 22.5. The molecule has 7 N–H and O–H groups in total. The number of ether oxygens (including phenoxy) is 1. The summed E-state index contributed by atoms with van der Waals surface area (Å²) in [4.78, 5) is 92.3. The number of carbonyl (C=O) groups is 6. The van der Waals surface area contributed by atoms with E-state index in [9.17, 15) is 38.7 Å². The fraction of sp³-hybridized carbons (Fsp3) is 0.500. The first-order chi connectivity index (χ1) is 28.5. The number of carboxylic acid groups (broad SMARTS) is 1. The summed E-state index contributed by atoms with van der Waals surface area (Å²) >= 11 is 0. The maximum atomic E-state index is 15.3. The Morgan fingerprint density at radius 2 is 1.63 bits per heavy atom. The van der Waals surface area contributed by atoms with Crippen LogP contribution in [0.5, 0.6) is 0 Å². The Hall–Kier alpha value is -6.20. The van der Waals surface area contributed by atoms with E-state index in [0.29, 0.717) is 54.9 Å². The molecule has 17 nitrogen and oxygen atoms in total. The number of benzene rings is 2. The number of pyridine rings is 1. The molecular formula is C42H55FN8O9. The molecule has 2 atom stereocenters. The number of hydrogen-bond acceptors (Lipinski definition) is 9. The molecule has 324 valence electrons. The highest BCUT2D eigenvalue weighted by atomic mass is 19.1. The van der Waals surface area contributed by atoms with Gasteiger partial charge in [-0.15, -0.1) is 0 Å². The highest BCUT2D eigenvalue weighted by molar-refractivity contribution is 6.08. The molecule has 2 unspecified atom stereocenters. The normalized spacial score (nSPS) is 15.7. The van der Waals surface area contributed by atoms with Crippen LogP contribution >= 0.6 is 0 Å². The summed E-state index contributed by atoms with van der Waals surface area (Å²) in [7, 11) is 0. The summed E-state index contributed by atoms with van der Waals surface area (Å²) in [5.41, 5.74) is 4.41. The Kier molecular flexibility index (Phi) is 14.7.